The van der Waals surface area contributed by atoms with Crippen LogP contribution in [0.1, 0.15) is 32.7 Å². The summed E-state index contributed by atoms with van der Waals surface area (Å²) in [6, 6.07) is 13.9. The number of aromatic nitrogens is 3. The molecule has 30 heavy (non-hydrogen) atoms. The highest BCUT2D eigenvalue weighted by atomic mass is 16.2. The summed E-state index contributed by atoms with van der Waals surface area (Å²) in [7, 11) is 1.80. The second-order valence-corrected chi connectivity index (χ2v) is 7.76. The van der Waals surface area contributed by atoms with Crippen molar-refractivity contribution in [3.63, 3.8) is 0 Å². The van der Waals surface area contributed by atoms with Gasteiger partial charge < -0.3 is 4.90 Å². The second-order valence-electron chi connectivity index (χ2n) is 7.76. The van der Waals surface area contributed by atoms with Gasteiger partial charge in [-0.05, 0) is 75.2 Å². The lowest BCUT2D eigenvalue weighted by Crippen LogP contribution is -2.27. The molecular weight excluding hydrogens is 372 g/mol. The Balaban J connectivity index is 1.67. The lowest BCUT2D eigenvalue weighted by molar-refractivity contribution is 0.0992. The fourth-order valence-electron chi connectivity index (χ4n) is 3.61. The highest BCUT2D eigenvalue weighted by molar-refractivity contribution is 6.07. The number of nitrogens with zero attached hydrogens (tertiary/aromatic N) is 4. The topological polar surface area (TPSA) is 59.0 Å². The van der Waals surface area contributed by atoms with Gasteiger partial charge in [-0.15, -0.1) is 0 Å². The van der Waals surface area contributed by atoms with Gasteiger partial charge in [-0.3, -0.25) is 9.78 Å². The summed E-state index contributed by atoms with van der Waals surface area (Å²) >= 11 is 0. The van der Waals surface area contributed by atoms with E-state index in [9.17, 15) is 4.79 Å². The maximum Gasteiger partial charge on any atom is 0.258 e. The Labute approximate surface area is 176 Å². The summed E-state index contributed by atoms with van der Waals surface area (Å²) in [5.41, 5.74) is 7.24. The van der Waals surface area contributed by atoms with Crippen LogP contribution in [0.4, 0.5) is 5.69 Å². The third-order valence-electron chi connectivity index (χ3n) is 5.33. The van der Waals surface area contributed by atoms with E-state index in [0.717, 1.165) is 39.0 Å². The minimum Gasteiger partial charge on any atom is -0.311 e. The average molecular weight is 396 g/mol. The third kappa shape index (κ3) is 3.66. The molecule has 0 aliphatic carbocycles. The van der Waals surface area contributed by atoms with Crippen molar-refractivity contribution in [1.29, 1.82) is 0 Å². The van der Waals surface area contributed by atoms with Gasteiger partial charge >= 0.3 is 0 Å². The van der Waals surface area contributed by atoms with Gasteiger partial charge in [0, 0.05) is 47.3 Å². The summed E-state index contributed by atoms with van der Waals surface area (Å²) < 4.78 is 0. The van der Waals surface area contributed by atoms with Crippen LogP contribution in [0.3, 0.4) is 0 Å². The first-order valence-corrected chi connectivity index (χ1v) is 9.89. The molecule has 150 valence electrons. The van der Waals surface area contributed by atoms with Gasteiger partial charge in [0.25, 0.3) is 5.91 Å². The van der Waals surface area contributed by atoms with Crippen molar-refractivity contribution < 1.29 is 4.79 Å². The lowest BCUT2D eigenvalue weighted by Gasteiger charge is -2.21. The van der Waals surface area contributed by atoms with Crippen molar-refractivity contribution in [2.24, 2.45) is 0 Å². The number of benzene rings is 2. The first kappa shape index (κ1) is 19.7. The highest BCUT2D eigenvalue weighted by Gasteiger charge is 2.18. The Morgan fingerprint density at radius 1 is 0.867 bits per heavy atom. The van der Waals surface area contributed by atoms with E-state index in [4.69, 9.17) is 4.98 Å². The SMILES string of the molecule is Cc1ccc2nc(-c3ccc(N(C)C(=O)c4cc(C)ncc4C)c(C)c3)ncc2c1. The molecule has 0 N–H and O–H groups in total. The molecule has 0 aliphatic heterocycles. The first-order valence-electron chi connectivity index (χ1n) is 9.89. The summed E-state index contributed by atoms with van der Waals surface area (Å²) in [4.78, 5) is 28.3. The van der Waals surface area contributed by atoms with Gasteiger partial charge in [0.05, 0.1) is 5.52 Å². The molecule has 4 aromatic rings. The Kier molecular flexibility index (Phi) is 5.04. The molecule has 0 atom stereocenters. The molecule has 1 amide bonds. The van der Waals surface area contributed by atoms with Gasteiger partial charge in [-0.25, -0.2) is 9.97 Å². The fraction of sp³-hybridized carbons (Fsp3) is 0.200. The van der Waals surface area contributed by atoms with Gasteiger partial charge in [0.15, 0.2) is 5.82 Å². The van der Waals surface area contributed by atoms with Crippen LogP contribution >= 0.6 is 0 Å². The number of carbonyl (C=O) groups is 1. The van der Waals surface area contributed by atoms with E-state index in [1.165, 1.54) is 5.56 Å². The number of rotatable bonds is 3. The summed E-state index contributed by atoms with van der Waals surface area (Å²) in [6.45, 7) is 7.85. The maximum absolute atomic E-state index is 13.1. The smallest absolute Gasteiger partial charge is 0.258 e. The number of hydrogen-bond donors (Lipinski definition) is 0. The minimum atomic E-state index is -0.0498. The average Bonchev–Trinajstić information content (AvgIpc) is 2.74. The van der Waals surface area contributed by atoms with E-state index in [1.807, 2.05) is 57.3 Å². The molecule has 0 unspecified atom stereocenters. The highest BCUT2D eigenvalue weighted by Crippen LogP contribution is 2.27. The van der Waals surface area contributed by atoms with E-state index in [2.05, 4.69) is 29.0 Å². The molecule has 2 aromatic heterocycles. The first-order chi connectivity index (χ1) is 14.3. The van der Waals surface area contributed by atoms with Crippen molar-refractivity contribution in [2.75, 3.05) is 11.9 Å². The van der Waals surface area contributed by atoms with Crippen LogP contribution in [-0.2, 0) is 0 Å². The van der Waals surface area contributed by atoms with Gasteiger partial charge in [0.2, 0.25) is 0 Å². The number of amides is 1. The number of fused-ring (bicyclic) bond motifs is 1. The molecule has 0 bridgehead atoms. The normalized spacial score (nSPS) is 11.0. The molecule has 0 saturated heterocycles. The van der Waals surface area contributed by atoms with E-state index in [-0.39, 0.29) is 5.91 Å². The van der Waals surface area contributed by atoms with Gasteiger partial charge in [-0.2, -0.15) is 0 Å². The molecule has 5 nitrogen and oxygen atoms in total. The summed E-state index contributed by atoms with van der Waals surface area (Å²) in [5, 5.41) is 1.03. The predicted molar refractivity (Wildman–Crippen MR) is 121 cm³/mol. The maximum atomic E-state index is 13.1. The molecule has 4 rings (SSSR count). The molecule has 5 heteroatoms. The number of anilines is 1. The summed E-state index contributed by atoms with van der Waals surface area (Å²) in [6.07, 6.45) is 3.60. The van der Waals surface area contributed by atoms with Crippen LogP contribution in [-0.4, -0.2) is 27.9 Å². The fourth-order valence-corrected chi connectivity index (χ4v) is 3.61. The predicted octanol–water partition coefficient (Wildman–Crippen LogP) is 5.20. The molecule has 0 saturated carbocycles. The van der Waals surface area contributed by atoms with E-state index >= 15 is 0 Å². The van der Waals surface area contributed by atoms with E-state index in [1.54, 1.807) is 18.1 Å². The molecule has 2 aromatic carbocycles. The molecule has 0 fully saturated rings. The Bertz CT molecular complexity index is 1280. The number of carbonyl (C=O) groups excluding carboxylic acids is 1. The van der Waals surface area contributed by atoms with E-state index in [0.29, 0.717) is 11.4 Å². The number of pyridine rings is 1. The van der Waals surface area contributed by atoms with Crippen molar-refractivity contribution in [3.05, 3.63) is 82.8 Å². The zero-order valence-electron chi connectivity index (χ0n) is 17.9. The Morgan fingerprint density at radius 3 is 2.43 bits per heavy atom. The van der Waals surface area contributed by atoms with Crippen LogP contribution in [0.5, 0.6) is 0 Å². The van der Waals surface area contributed by atoms with E-state index < -0.39 is 0 Å². The quantitative estimate of drug-likeness (QED) is 0.477. The summed E-state index contributed by atoms with van der Waals surface area (Å²) in [5.74, 6) is 0.627. The third-order valence-corrected chi connectivity index (χ3v) is 5.33. The van der Waals surface area contributed by atoms with Crippen LogP contribution in [0, 0.1) is 27.7 Å². The van der Waals surface area contributed by atoms with Crippen LogP contribution < -0.4 is 4.90 Å². The molecule has 0 radical (unpaired) electrons. The van der Waals surface area contributed by atoms with Gasteiger partial charge in [0.1, 0.15) is 0 Å². The zero-order chi connectivity index (χ0) is 21.4. The zero-order valence-corrected chi connectivity index (χ0v) is 17.9. The van der Waals surface area contributed by atoms with Crippen molar-refractivity contribution >= 4 is 22.5 Å². The number of aryl methyl sites for hydroxylation is 4. The van der Waals surface area contributed by atoms with Crippen LogP contribution in [0.2, 0.25) is 0 Å². The standard InChI is InChI=1S/C25H24N4O/c1-15-6-8-22-20(10-15)14-27-24(28-22)19-7-9-23(16(2)11-19)29(5)25(30)21-12-18(4)26-13-17(21)3/h6-14H,1-5H3. The van der Waals surface area contributed by atoms with Crippen molar-refractivity contribution in [1.82, 2.24) is 15.0 Å². The van der Waals surface area contributed by atoms with Crippen molar-refractivity contribution in [3.8, 4) is 11.4 Å². The second kappa shape index (κ2) is 7.67. The molecule has 2 heterocycles. The molecule has 0 spiro atoms. The molecular formula is C25H24N4O. The lowest BCUT2D eigenvalue weighted by atomic mass is 10.1. The monoisotopic (exact) mass is 396 g/mol. The van der Waals surface area contributed by atoms with Crippen molar-refractivity contribution in [2.45, 2.75) is 27.7 Å². The Hall–Kier alpha value is -3.60. The van der Waals surface area contributed by atoms with Crippen LogP contribution in [0.15, 0.2) is 54.9 Å². The molecule has 0 aliphatic rings. The van der Waals surface area contributed by atoms with Crippen LogP contribution in [0.25, 0.3) is 22.3 Å². The Morgan fingerprint density at radius 2 is 1.67 bits per heavy atom. The minimum absolute atomic E-state index is 0.0498. The van der Waals surface area contributed by atoms with Gasteiger partial charge in [-0.1, -0.05) is 11.6 Å². The number of hydrogen-bond acceptors (Lipinski definition) is 4. The largest absolute Gasteiger partial charge is 0.311 e.